The van der Waals surface area contributed by atoms with Gasteiger partial charge in [0.15, 0.2) is 0 Å². The fourth-order valence-corrected chi connectivity index (χ4v) is 9.75. The molecule has 2 fully saturated rings. The Labute approximate surface area is 403 Å². The van der Waals surface area contributed by atoms with Crippen LogP contribution in [0.1, 0.15) is 103 Å². The van der Waals surface area contributed by atoms with Crippen LogP contribution >= 0.6 is 22.7 Å². The van der Waals surface area contributed by atoms with Gasteiger partial charge in [0, 0.05) is 59.4 Å². The number of aldehydes is 1. The fraction of sp³-hybridized carbons (Fsp3) is 0.385. The van der Waals surface area contributed by atoms with E-state index in [-0.39, 0.29) is 24.3 Å². The van der Waals surface area contributed by atoms with Crippen molar-refractivity contribution in [2.75, 3.05) is 55.8 Å². The van der Waals surface area contributed by atoms with Crippen molar-refractivity contribution in [2.45, 2.75) is 84.2 Å². The lowest BCUT2D eigenvalue weighted by Gasteiger charge is -2.51. The van der Waals surface area contributed by atoms with Crippen LogP contribution in [0.2, 0.25) is 0 Å². The highest BCUT2D eigenvalue weighted by molar-refractivity contribution is 7.11. The van der Waals surface area contributed by atoms with E-state index in [9.17, 15) is 34.5 Å². The minimum atomic E-state index is -0.883. The van der Waals surface area contributed by atoms with Crippen LogP contribution in [0.5, 0.6) is 5.75 Å². The van der Waals surface area contributed by atoms with Gasteiger partial charge in [-0.1, -0.05) is 57.2 Å². The van der Waals surface area contributed by atoms with E-state index in [1.807, 2.05) is 67.9 Å². The number of carbonyl (C=O) groups excluding carboxylic acids is 4. The second-order valence-electron chi connectivity index (χ2n) is 16.4. The number of rotatable bonds is 18. The highest BCUT2D eigenvalue weighted by atomic mass is 32.1. The summed E-state index contributed by atoms with van der Waals surface area (Å²) in [6.45, 7) is 13.1. The maximum Gasteiger partial charge on any atom is 0.293 e. The monoisotopic (exact) mass is 953 g/mol. The predicted octanol–water partition coefficient (Wildman–Crippen LogP) is 9.22. The van der Waals surface area contributed by atoms with Gasteiger partial charge in [-0.3, -0.25) is 19.2 Å². The van der Waals surface area contributed by atoms with Crippen LogP contribution < -0.4 is 20.9 Å². The van der Waals surface area contributed by atoms with E-state index in [4.69, 9.17) is 4.74 Å². The number of aromatic hydroxyl groups is 1. The summed E-state index contributed by atoms with van der Waals surface area (Å²) in [5, 5.41) is 44.0. The first-order valence-corrected chi connectivity index (χ1v) is 24.5. The fourth-order valence-electron chi connectivity index (χ4n) is 8.08. The van der Waals surface area contributed by atoms with Crippen molar-refractivity contribution in [2.24, 2.45) is 5.41 Å². The van der Waals surface area contributed by atoms with Crippen molar-refractivity contribution < 1.29 is 39.2 Å². The third-order valence-corrected chi connectivity index (χ3v) is 13.9. The zero-order chi connectivity index (χ0) is 48.8. The second-order valence-corrected chi connectivity index (χ2v) is 18.3. The van der Waals surface area contributed by atoms with Gasteiger partial charge in [-0.25, -0.2) is 0 Å². The van der Waals surface area contributed by atoms with Crippen molar-refractivity contribution >= 4 is 70.9 Å². The third kappa shape index (κ3) is 15.4. The number of phenolic OH excluding ortho intramolecular Hbond substituents is 1. The smallest absolute Gasteiger partial charge is 0.293 e. The SMILES string of the molecule is CC.CC(O)(c1cccs1)c1cccs1.CCCN1CCC2(CC1)CC(OC=O)C2.CNc1c(O)ccc(C(O)CNCc2ccc(NC(=O)c3cccc(N(C)C=O)c3)cc2)c1/C=C\C=O. The van der Waals surface area contributed by atoms with E-state index in [1.165, 1.54) is 55.9 Å². The summed E-state index contributed by atoms with van der Waals surface area (Å²) in [6.07, 6.45) is 9.55. The van der Waals surface area contributed by atoms with E-state index < -0.39 is 11.7 Å². The number of aliphatic hydroxyl groups is 2. The number of thiophene rings is 2. The number of allylic oxidation sites excluding steroid dienone is 1. The number of nitrogens with zero attached hydrogens (tertiary/aromatic N) is 2. The molecule has 3 heterocycles. The van der Waals surface area contributed by atoms with Crippen molar-refractivity contribution in [3.8, 4) is 5.75 Å². The zero-order valence-electron chi connectivity index (χ0n) is 39.4. The molecule has 3 aromatic carbocycles. The largest absolute Gasteiger partial charge is 0.506 e. The van der Waals surface area contributed by atoms with Crippen molar-refractivity contribution in [3.05, 3.63) is 134 Å². The van der Waals surface area contributed by atoms with E-state index >= 15 is 0 Å². The van der Waals surface area contributed by atoms with Crippen LogP contribution in [-0.2, 0) is 31.3 Å². The average Bonchev–Trinajstić information content (AvgIpc) is 4.10. The number of aliphatic hydroxyl groups excluding tert-OH is 1. The first-order valence-electron chi connectivity index (χ1n) is 22.7. The summed E-state index contributed by atoms with van der Waals surface area (Å²) >= 11 is 3.17. The van der Waals surface area contributed by atoms with Gasteiger partial charge in [0.1, 0.15) is 23.7 Å². The number of nitrogens with one attached hydrogen (secondary N) is 3. The number of hydrogen-bond donors (Lipinski definition) is 6. The Hall–Kier alpha value is -5.68. The van der Waals surface area contributed by atoms with Gasteiger partial charge in [0.2, 0.25) is 6.41 Å². The molecule has 2 aromatic heterocycles. The average molecular weight is 954 g/mol. The highest BCUT2D eigenvalue weighted by Crippen LogP contribution is 2.50. The van der Waals surface area contributed by atoms with Crippen LogP contribution in [0.4, 0.5) is 17.1 Å². The maximum atomic E-state index is 12.6. The van der Waals surface area contributed by atoms with Gasteiger partial charge in [0.25, 0.3) is 12.4 Å². The van der Waals surface area contributed by atoms with Crippen molar-refractivity contribution in [3.63, 3.8) is 0 Å². The van der Waals surface area contributed by atoms with E-state index in [2.05, 4.69) is 27.8 Å². The molecule has 1 spiro atoms. The van der Waals surface area contributed by atoms with Crippen molar-refractivity contribution in [1.29, 1.82) is 0 Å². The molecule has 5 aromatic rings. The molecule has 67 heavy (non-hydrogen) atoms. The first-order chi connectivity index (χ1) is 32.4. The van der Waals surface area contributed by atoms with E-state index in [0.29, 0.717) is 64.9 Å². The number of piperidine rings is 1. The minimum Gasteiger partial charge on any atom is -0.506 e. The minimum absolute atomic E-state index is 0.0187. The standard InChI is InChI=1S/C28H30N4O5.C12H21NO2.C10H10OS2.C2H6/c1-29-27-24(7-4-14-33)23(12-13-25(27)35)26(36)17-30-16-19-8-10-21(11-9-19)31-28(37)20-5-3-6-22(15-20)32(2)18-34;1-2-5-13-6-3-12(4-7-13)8-11(9-12)15-10-14;1-10(11,8-4-2-6-12-8)9-5-3-7-13-9;1-2/h3-15,18,26,29-30,35-36H,16-17H2,1-2H3,(H,31,37);10-11H,2-9H2,1H3;2-7,11H,1H3;1-2H3/b7-4-;;;. The lowest BCUT2D eigenvalue weighted by atomic mass is 9.61. The predicted molar refractivity (Wildman–Crippen MR) is 272 cm³/mol. The Morgan fingerprint density at radius 1 is 0.970 bits per heavy atom. The Kier molecular flexibility index (Phi) is 21.9. The van der Waals surface area contributed by atoms with E-state index in [1.54, 1.807) is 85.3 Å². The third-order valence-electron chi connectivity index (χ3n) is 11.8. The number of anilines is 3. The molecule has 15 heteroatoms. The molecule has 7 rings (SSSR count). The molecule has 1 aliphatic carbocycles. The number of likely N-dealkylation sites (tertiary alicyclic amines) is 1. The highest BCUT2D eigenvalue weighted by Gasteiger charge is 2.46. The van der Waals surface area contributed by atoms with Gasteiger partial charge in [-0.2, -0.15) is 0 Å². The molecule has 13 nitrogen and oxygen atoms in total. The maximum absolute atomic E-state index is 12.6. The van der Waals surface area contributed by atoms with Crippen molar-refractivity contribution in [1.82, 2.24) is 10.2 Å². The summed E-state index contributed by atoms with van der Waals surface area (Å²) in [5.74, 6) is -0.269. The van der Waals surface area contributed by atoms with Gasteiger partial charge in [0.05, 0.1) is 11.8 Å². The zero-order valence-corrected chi connectivity index (χ0v) is 41.1. The number of amides is 2. The van der Waals surface area contributed by atoms with Crippen LogP contribution in [0.3, 0.4) is 0 Å². The molecule has 1 saturated heterocycles. The Balaban J connectivity index is 0.000000264. The van der Waals surface area contributed by atoms with Gasteiger partial charge < -0.3 is 45.8 Å². The second kappa shape index (κ2) is 27.2. The van der Waals surface area contributed by atoms with Crippen LogP contribution in [0.15, 0.2) is 102 Å². The lowest BCUT2D eigenvalue weighted by Crippen LogP contribution is -2.49. The summed E-state index contributed by atoms with van der Waals surface area (Å²) in [7, 11) is 3.26. The van der Waals surface area contributed by atoms with Gasteiger partial charge in [-0.15, -0.1) is 22.7 Å². The molecule has 2 aliphatic rings. The summed E-state index contributed by atoms with van der Waals surface area (Å²) in [6, 6.07) is 25.0. The molecule has 0 radical (unpaired) electrons. The molecule has 2 amide bonds. The molecule has 360 valence electrons. The summed E-state index contributed by atoms with van der Waals surface area (Å²) < 4.78 is 4.99. The Bertz CT molecular complexity index is 2250. The normalized spacial score (nSPS) is 14.7. The molecular weight excluding hydrogens is 887 g/mol. The van der Waals surface area contributed by atoms with Crippen LogP contribution in [0.25, 0.3) is 6.08 Å². The van der Waals surface area contributed by atoms with E-state index in [0.717, 1.165) is 28.2 Å². The molecule has 0 bridgehead atoms. The van der Waals surface area contributed by atoms with Crippen LogP contribution in [0, 0.1) is 5.41 Å². The molecule has 6 N–H and O–H groups in total. The number of carbonyl (C=O) groups is 4. The summed E-state index contributed by atoms with van der Waals surface area (Å²) in [5.41, 5.74) is 3.86. The number of phenols is 1. The lowest BCUT2D eigenvalue weighted by molar-refractivity contribution is -0.149. The first kappa shape index (κ1) is 53.9. The molecule has 1 atom stereocenters. The van der Waals surface area contributed by atoms with Crippen LogP contribution in [-0.4, -0.2) is 91.7 Å². The summed E-state index contributed by atoms with van der Waals surface area (Å²) in [4.78, 5) is 50.5. The Morgan fingerprint density at radius 3 is 2.18 bits per heavy atom. The Morgan fingerprint density at radius 2 is 1.63 bits per heavy atom. The molecule has 1 unspecified atom stereocenters. The number of benzene rings is 3. The quantitative estimate of drug-likeness (QED) is 0.0280. The molecular formula is C52H67N5O8S2. The molecule has 1 saturated carbocycles. The molecule has 1 aliphatic heterocycles. The number of ether oxygens (including phenoxy) is 1. The number of hydrogen-bond acceptors (Lipinski definition) is 13. The topological polar surface area (TPSA) is 181 Å². The van der Waals surface area contributed by atoms with Gasteiger partial charge >= 0.3 is 0 Å². The van der Waals surface area contributed by atoms with Gasteiger partial charge in [-0.05, 0) is 147 Å².